The monoisotopic (exact) mass is 540 g/mol. The van der Waals surface area contributed by atoms with Crippen molar-refractivity contribution < 1.29 is 4.79 Å². The van der Waals surface area contributed by atoms with Crippen molar-refractivity contribution in [2.75, 3.05) is 5.75 Å². The molecule has 2 aromatic carbocycles. The molecule has 0 bridgehead atoms. The molecule has 1 N–H and O–H groups in total. The van der Waals surface area contributed by atoms with Gasteiger partial charge in [0.25, 0.3) is 5.91 Å². The summed E-state index contributed by atoms with van der Waals surface area (Å²) in [7, 11) is 0. The van der Waals surface area contributed by atoms with Crippen molar-refractivity contribution in [2.45, 2.75) is 12.1 Å². The third kappa shape index (κ3) is 5.87. The topological polar surface area (TPSA) is 85.1 Å². The summed E-state index contributed by atoms with van der Waals surface area (Å²) in [6, 6.07) is 18.8. The summed E-state index contributed by atoms with van der Waals surface area (Å²) in [5.74, 6) is 0.522. The smallest absolute Gasteiger partial charge is 0.250 e. The summed E-state index contributed by atoms with van der Waals surface area (Å²) in [4.78, 5) is 16.5. The largest absolute Gasteiger partial charge is 0.272 e. The van der Waals surface area contributed by atoms with Gasteiger partial charge in [0.1, 0.15) is 0 Å². The van der Waals surface area contributed by atoms with E-state index in [4.69, 9.17) is 11.6 Å². The number of benzene rings is 2. The number of aromatic nitrogens is 4. The van der Waals surface area contributed by atoms with Gasteiger partial charge in [-0.1, -0.05) is 51.4 Å². The van der Waals surface area contributed by atoms with Gasteiger partial charge in [0.05, 0.1) is 11.5 Å². The quantitative estimate of drug-likeness (QED) is 0.193. The maximum absolute atomic E-state index is 12.5. The predicted octanol–water partition coefficient (Wildman–Crippen LogP) is 5.38. The third-order valence-corrected chi connectivity index (χ3v) is 6.25. The van der Waals surface area contributed by atoms with Gasteiger partial charge in [0, 0.05) is 33.1 Å². The Morgan fingerprint density at radius 1 is 1.12 bits per heavy atom. The van der Waals surface area contributed by atoms with Crippen LogP contribution >= 0.6 is 39.3 Å². The lowest BCUT2D eigenvalue weighted by Gasteiger charge is -2.10. The lowest BCUT2D eigenvalue weighted by molar-refractivity contribution is -0.118. The van der Waals surface area contributed by atoms with E-state index in [1.807, 2.05) is 60.0 Å². The number of rotatable bonds is 7. The summed E-state index contributed by atoms with van der Waals surface area (Å²) in [5, 5.41) is 14.1. The fraction of sp³-hybridized carbons (Fsp3) is 0.0870. The predicted molar refractivity (Wildman–Crippen MR) is 135 cm³/mol. The van der Waals surface area contributed by atoms with Crippen LogP contribution in [-0.4, -0.2) is 37.1 Å². The Bertz CT molecular complexity index is 1290. The molecule has 0 saturated heterocycles. The fourth-order valence-electron chi connectivity index (χ4n) is 2.96. The lowest BCUT2D eigenvalue weighted by Crippen LogP contribution is -2.21. The number of nitrogens with zero attached hydrogens (tertiary/aromatic N) is 5. The van der Waals surface area contributed by atoms with Gasteiger partial charge >= 0.3 is 0 Å². The Kier molecular flexibility index (Phi) is 7.54. The zero-order valence-corrected chi connectivity index (χ0v) is 20.6. The van der Waals surface area contributed by atoms with Crippen LogP contribution in [0, 0.1) is 0 Å². The van der Waals surface area contributed by atoms with Gasteiger partial charge < -0.3 is 0 Å². The van der Waals surface area contributed by atoms with E-state index in [-0.39, 0.29) is 11.7 Å². The van der Waals surface area contributed by atoms with Crippen LogP contribution in [0.4, 0.5) is 0 Å². The summed E-state index contributed by atoms with van der Waals surface area (Å²) in [5.41, 5.74) is 5.93. The Morgan fingerprint density at radius 3 is 2.61 bits per heavy atom. The number of carbonyl (C=O) groups is 1. The van der Waals surface area contributed by atoms with Gasteiger partial charge in [-0.3, -0.25) is 14.3 Å². The van der Waals surface area contributed by atoms with E-state index in [0.29, 0.717) is 21.7 Å². The van der Waals surface area contributed by atoms with E-state index in [1.165, 1.54) is 11.8 Å². The zero-order chi connectivity index (χ0) is 23.2. The molecule has 1 amide bonds. The Balaban J connectivity index is 1.52. The average Bonchev–Trinajstić information content (AvgIpc) is 3.26. The molecule has 166 valence electrons. The highest BCUT2D eigenvalue weighted by atomic mass is 79.9. The first-order chi connectivity index (χ1) is 16.0. The molecule has 4 aromatic rings. The van der Waals surface area contributed by atoms with Gasteiger partial charge in [0.2, 0.25) is 0 Å². The van der Waals surface area contributed by atoms with Crippen LogP contribution in [0.5, 0.6) is 0 Å². The molecule has 10 heteroatoms. The molecule has 33 heavy (non-hydrogen) atoms. The first-order valence-corrected chi connectivity index (χ1v) is 12.0. The van der Waals surface area contributed by atoms with Gasteiger partial charge in [-0.25, -0.2) is 5.43 Å². The van der Waals surface area contributed by atoms with Gasteiger partial charge in [-0.2, -0.15) is 5.10 Å². The van der Waals surface area contributed by atoms with Crippen LogP contribution in [0.15, 0.2) is 87.8 Å². The molecule has 0 fully saturated rings. The van der Waals surface area contributed by atoms with Crippen molar-refractivity contribution in [2.24, 2.45) is 5.10 Å². The normalized spacial score (nSPS) is 11.4. The van der Waals surface area contributed by atoms with Crippen LogP contribution in [0.2, 0.25) is 5.02 Å². The first-order valence-electron chi connectivity index (χ1n) is 9.85. The number of pyridine rings is 1. The Labute approximate surface area is 208 Å². The molecule has 0 unspecified atom stereocenters. The summed E-state index contributed by atoms with van der Waals surface area (Å²) >= 11 is 10.8. The molecule has 2 heterocycles. The zero-order valence-electron chi connectivity index (χ0n) is 17.4. The molecule has 0 atom stereocenters. The molecule has 2 aromatic heterocycles. The van der Waals surface area contributed by atoms with Crippen molar-refractivity contribution >= 4 is 50.9 Å². The second-order valence-corrected chi connectivity index (χ2v) is 9.18. The fourth-order valence-corrected chi connectivity index (χ4v) is 4.23. The Morgan fingerprint density at radius 2 is 1.88 bits per heavy atom. The van der Waals surface area contributed by atoms with Gasteiger partial charge in [0.15, 0.2) is 11.0 Å². The molecule has 4 rings (SSSR count). The minimum Gasteiger partial charge on any atom is -0.272 e. The number of nitrogens with one attached hydrogen (secondary N) is 1. The number of halogens is 2. The van der Waals surface area contributed by atoms with Crippen LogP contribution < -0.4 is 5.43 Å². The Hall–Kier alpha value is -3.01. The van der Waals surface area contributed by atoms with Crippen molar-refractivity contribution in [3.05, 3.63) is 88.1 Å². The standard InChI is InChI=1S/C23H18BrClN6OS/c1-15(17-3-2-4-18(24)13-17)27-28-21(32)14-33-23-30-29-22(16-9-11-26-12-10-16)31(23)20-7-5-19(25)6-8-20/h2-13H,14H2,1H3,(H,28,32)/b27-15-. The maximum Gasteiger partial charge on any atom is 0.250 e. The van der Waals surface area contributed by atoms with E-state index in [1.54, 1.807) is 24.5 Å². The van der Waals surface area contributed by atoms with E-state index in [9.17, 15) is 4.79 Å². The van der Waals surface area contributed by atoms with Gasteiger partial charge in [-0.05, 0) is 61.0 Å². The van der Waals surface area contributed by atoms with Crippen LogP contribution in [0.3, 0.4) is 0 Å². The van der Waals surface area contributed by atoms with Gasteiger partial charge in [-0.15, -0.1) is 10.2 Å². The minimum absolute atomic E-state index is 0.122. The number of thioether (sulfide) groups is 1. The van der Waals surface area contributed by atoms with Crippen molar-refractivity contribution in [3.63, 3.8) is 0 Å². The molecule has 0 spiro atoms. The van der Waals surface area contributed by atoms with Crippen LogP contribution in [-0.2, 0) is 4.79 Å². The van der Waals surface area contributed by atoms with E-state index >= 15 is 0 Å². The molecule has 7 nitrogen and oxygen atoms in total. The summed E-state index contributed by atoms with van der Waals surface area (Å²) in [6.45, 7) is 1.84. The third-order valence-electron chi connectivity index (χ3n) is 4.58. The number of hydrazone groups is 1. The van der Waals surface area contributed by atoms with Crippen LogP contribution in [0.1, 0.15) is 12.5 Å². The number of carbonyl (C=O) groups excluding carboxylic acids is 1. The lowest BCUT2D eigenvalue weighted by atomic mass is 10.1. The minimum atomic E-state index is -0.245. The molecule has 0 aliphatic rings. The van der Waals surface area contributed by atoms with Crippen molar-refractivity contribution in [1.29, 1.82) is 0 Å². The molecule has 0 radical (unpaired) electrons. The SMILES string of the molecule is C/C(=N/NC(=O)CSc1nnc(-c2ccncc2)n1-c1ccc(Cl)cc1)c1cccc(Br)c1. The maximum atomic E-state index is 12.5. The molecule has 0 aliphatic heterocycles. The number of hydrogen-bond acceptors (Lipinski definition) is 6. The van der Waals surface area contributed by atoms with Crippen LogP contribution in [0.25, 0.3) is 17.1 Å². The van der Waals surface area contributed by atoms with Crippen molar-refractivity contribution in [1.82, 2.24) is 25.2 Å². The highest BCUT2D eigenvalue weighted by molar-refractivity contribution is 9.10. The van der Waals surface area contributed by atoms with E-state index in [2.05, 4.69) is 41.6 Å². The number of hydrogen-bond donors (Lipinski definition) is 1. The molecular formula is C23H18BrClN6OS. The average molecular weight is 542 g/mol. The summed E-state index contributed by atoms with van der Waals surface area (Å²) < 4.78 is 2.84. The highest BCUT2D eigenvalue weighted by Gasteiger charge is 2.17. The first kappa shape index (κ1) is 23.2. The van der Waals surface area contributed by atoms with E-state index < -0.39 is 0 Å². The van der Waals surface area contributed by atoms with Crippen molar-refractivity contribution in [3.8, 4) is 17.1 Å². The molecule has 0 saturated carbocycles. The number of amides is 1. The molecular weight excluding hydrogens is 524 g/mol. The second kappa shape index (κ2) is 10.7. The highest BCUT2D eigenvalue weighted by Crippen LogP contribution is 2.28. The molecule has 0 aliphatic carbocycles. The second-order valence-electron chi connectivity index (χ2n) is 6.89. The van der Waals surface area contributed by atoms with E-state index in [0.717, 1.165) is 21.3 Å². The summed E-state index contributed by atoms with van der Waals surface area (Å²) in [6.07, 6.45) is 3.39.